The fourth-order valence-electron chi connectivity index (χ4n) is 2.27. The average molecular weight is 377 g/mol. The van der Waals surface area contributed by atoms with Crippen molar-refractivity contribution in [1.29, 1.82) is 0 Å². The Morgan fingerprint density at radius 3 is 2.36 bits per heavy atom. The van der Waals surface area contributed by atoms with Gasteiger partial charge in [0.2, 0.25) is 5.89 Å². The van der Waals surface area contributed by atoms with Crippen LogP contribution in [0, 0.1) is 0 Å². The maximum absolute atomic E-state index is 6.07. The molecule has 1 aromatic heterocycles. The van der Waals surface area contributed by atoms with E-state index >= 15 is 0 Å². The molecule has 0 bridgehead atoms. The van der Waals surface area contributed by atoms with Crippen LogP contribution < -0.4 is 4.74 Å². The summed E-state index contributed by atoms with van der Waals surface area (Å²) in [4.78, 5) is 0. The minimum absolute atomic E-state index is 0.101. The molecule has 0 unspecified atom stereocenters. The minimum atomic E-state index is 0.101. The van der Waals surface area contributed by atoms with Crippen LogP contribution in [-0.4, -0.2) is 10.2 Å². The number of ether oxygens (including phenoxy) is 1. The Bertz CT molecular complexity index is 868. The van der Waals surface area contributed by atoms with Crippen LogP contribution in [0.4, 0.5) is 0 Å². The van der Waals surface area contributed by atoms with Gasteiger partial charge < -0.3 is 9.15 Å². The van der Waals surface area contributed by atoms with E-state index in [1.165, 1.54) is 5.56 Å². The third-order valence-corrected chi connectivity index (χ3v) is 4.24. The lowest BCUT2D eigenvalue weighted by Gasteiger charge is -2.18. The summed E-state index contributed by atoms with van der Waals surface area (Å²) in [6, 6.07) is 13.1. The van der Waals surface area contributed by atoms with Crippen LogP contribution in [-0.2, 0) is 12.0 Å². The molecular formula is C19H18Cl2N2O2. The van der Waals surface area contributed by atoms with E-state index in [1.54, 1.807) is 18.2 Å². The smallest absolute Gasteiger partial charge is 0.254 e. The first kappa shape index (κ1) is 17.8. The molecule has 4 nitrogen and oxygen atoms in total. The maximum Gasteiger partial charge on any atom is 0.254 e. The third kappa shape index (κ3) is 4.33. The van der Waals surface area contributed by atoms with Crippen molar-refractivity contribution in [2.75, 3.05) is 0 Å². The Hall–Kier alpha value is -2.04. The second-order valence-corrected chi connectivity index (χ2v) is 7.54. The van der Waals surface area contributed by atoms with Gasteiger partial charge >= 0.3 is 0 Å². The second kappa shape index (κ2) is 7.06. The molecule has 0 radical (unpaired) electrons. The standard InChI is InChI=1S/C19H18Cl2N2O2/c1-19(2,3)13-6-4-12(5-7-13)18-23-22-17(25-18)11-24-16-9-8-14(20)10-15(16)21/h4-10H,11H2,1-3H3. The summed E-state index contributed by atoms with van der Waals surface area (Å²) in [6.07, 6.45) is 0. The van der Waals surface area contributed by atoms with E-state index in [2.05, 4.69) is 43.1 Å². The zero-order valence-electron chi connectivity index (χ0n) is 14.2. The quantitative estimate of drug-likeness (QED) is 0.566. The Labute approximate surface area is 156 Å². The molecule has 0 aliphatic carbocycles. The zero-order valence-corrected chi connectivity index (χ0v) is 15.7. The monoisotopic (exact) mass is 376 g/mol. The van der Waals surface area contributed by atoms with Crippen LogP contribution in [0.1, 0.15) is 32.2 Å². The predicted octanol–water partition coefficient (Wildman–Crippen LogP) is 5.92. The molecule has 0 saturated heterocycles. The molecule has 130 valence electrons. The van der Waals surface area contributed by atoms with E-state index in [4.69, 9.17) is 32.4 Å². The van der Waals surface area contributed by atoms with Crippen LogP contribution >= 0.6 is 23.2 Å². The van der Waals surface area contributed by atoms with Gasteiger partial charge in [0.1, 0.15) is 5.75 Å². The summed E-state index contributed by atoms with van der Waals surface area (Å²) in [6.45, 7) is 6.65. The first-order valence-electron chi connectivity index (χ1n) is 7.84. The van der Waals surface area contributed by atoms with Crippen molar-refractivity contribution >= 4 is 23.2 Å². The van der Waals surface area contributed by atoms with E-state index in [0.29, 0.717) is 27.6 Å². The van der Waals surface area contributed by atoms with E-state index < -0.39 is 0 Å². The van der Waals surface area contributed by atoms with Crippen LogP contribution in [0.2, 0.25) is 10.0 Å². The maximum atomic E-state index is 6.07. The van der Waals surface area contributed by atoms with E-state index in [1.807, 2.05) is 12.1 Å². The van der Waals surface area contributed by atoms with Crippen molar-refractivity contribution in [1.82, 2.24) is 10.2 Å². The fraction of sp³-hybridized carbons (Fsp3) is 0.263. The third-order valence-electron chi connectivity index (χ3n) is 3.71. The highest BCUT2D eigenvalue weighted by molar-refractivity contribution is 6.35. The lowest BCUT2D eigenvalue weighted by molar-refractivity contribution is 0.264. The van der Waals surface area contributed by atoms with Gasteiger partial charge in [-0.3, -0.25) is 0 Å². The molecule has 6 heteroatoms. The van der Waals surface area contributed by atoms with Gasteiger partial charge in [-0.05, 0) is 41.3 Å². The molecule has 0 atom stereocenters. The van der Waals surface area contributed by atoms with Gasteiger partial charge in [-0.2, -0.15) is 0 Å². The molecule has 0 fully saturated rings. The predicted molar refractivity (Wildman–Crippen MR) is 99.2 cm³/mol. The molecule has 0 amide bonds. The molecule has 0 saturated carbocycles. The number of benzene rings is 2. The van der Waals surface area contributed by atoms with Gasteiger partial charge in [-0.25, -0.2) is 0 Å². The number of rotatable bonds is 4. The largest absolute Gasteiger partial charge is 0.482 e. The molecule has 0 spiro atoms. The lowest BCUT2D eigenvalue weighted by Crippen LogP contribution is -2.10. The van der Waals surface area contributed by atoms with Crippen molar-refractivity contribution in [3.63, 3.8) is 0 Å². The highest BCUT2D eigenvalue weighted by Gasteiger charge is 2.15. The van der Waals surface area contributed by atoms with E-state index in [-0.39, 0.29) is 12.0 Å². The Morgan fingerprint density at radius 2 is 1.72 bits per heavy atom. The van der Waals surface area contributed by atoms with Crippen molar-refractivity contribution in [3.05, 3.63) is 64.0 Å². The van der Waals surface area contributed by atoms with Gasteiger partial charge in [-0.1, -0.05) is 56.1 Å². The Kier molecular flexibility index (Phi) is 5.02. The highest BCUT2D eigenvalue weighted by atomic mass is 35.5. The first-order chi connectivity index (χ1) is 11.8. The van der Waals surface area contributed by atoms with E-state index in [9.17, 15) is 0 Å². The van der Waals surface area contributed by atoms with E-state index in [0.717, 1.165) is 5.56 Å². The first-order valence-corrected chi connectivity index (χ1v) is 8.60. The van der Waals surface area contributed by atoms with Crippen molar-refractivity contribution in [3.8, 4) is 17.2 Å². The van der Waals surface area contributed by atoms with Gasteiger partial charge in [0.05, 0.1) is 5.02 Å². The summed E-state index contributed by atoms with van der Waals surface area (Å²) in [5.41, 5.74) is 2.22. The van der Waals surface area contributed by atoms with Crippen molar-refractivity contribution < 1.29 is 9.15 Å². The number of nitrogens with zero attached hydrogens (tertiary/aromatic N) is 2. The summed E-state index contributed by atoms with van der Waals surface area (Å²) < 4.78 is 11.3. The second-order valence-electron chi connectivity index (χ2n) is 6.69. The Balaban J connectivity index is 1.70. The van der Waals surface area contributed by atoms with Gasteiger partial charge in [0.25, 0.3) is 5.89 Å². The minimum Gasteiger partial charge on any atom is -0.482 e. The number of aromatic nitrogens is 2. The highest BCUT2D eigenvalue weighted by Crippen LogP contribution is 2.29. The normalized spacial score (nSPS) is 11.6. The van der Waals surface area contributed by atoms with Gasteiger partial charge in [-0.15, -0.1) is 10.2 Å². The summed E-state index contributed by atoms with van der Waals surface area (Å²) in [7, 11) is 0. The lowest BCUT2D eigenvalue weighted by atomic mass is 9.87. The topological polar surface area (TPSA) is 48.2 Å². The fourth-order valence-corrected chi connectivity index (χ4v) is 2.74. The van der Waals surface area contributed by atoms with Crippen LogP contribution in [0.3, 0.4) is 0 Å². The molecular weight excluding hydrogens is 359 g/mol. The molecule has 1 heterocycles. The molecule has 3 rings (SSSR count). The number of hydrogen-bond donors (Lipinski definition) is 0. The van der Waals surface area contributed by atoms with Gasteiger partial charge in [0.15, 0.2) is 6.61 Å². The SMILES string of the molecule is CC(C)(C)c1ccc(-c2nnc(COc3ccc(Cl)cc3Cl)o2)cc1. The molecule has 3 aromatic rings. The van der Waals surface area contributed by atoms with Crippen LogP contribution in [0.15, 0.2) is 46.9 Å². The summed E-state index contributed by atoms with van der Waals surface area (Å²) in [5, 5.41) is 9.08. The molecule has 25 heavy (non-hydrogen) atoms. The average Bonchev–Trinajstić information content (AvgIpc) is 3.02. The zero-order chi connectivity index (χ0) is 18.0. The number of hydrogen-bond acceptors (Lipinski definition) is 4. The number of halogens is 2. The molecule has 0 N–H and O–H groups in total. The Morgan fingerprint density at radius 1 is 1.00 bits per heavy atom. The molecule has 0 aliphatic rings. The molecule has 2 aromatic carbocycles. The van der Waals surface area contributed by atoms with Crippen molar-refractivity contribution in [2.24, 2.45) is 0 Å². The van der Waals surface area contributed by atoms with Crippen LogP contribution in [0.25, 0.3) is 11.5 Å². The van der Waals surface area contributed by atoms with Crippen molar-refractivity contribution in [2.45, 2.75) is 32.8 Å². The summed E-state index contributed by atoms with van der Waals surface area (Å²) >= 11 is 11.9. The summed E-state index contributed by atoms with van der Waals surface area (Å²) in [5.74, 6) is 1.35. The van der Waals surface area contributed by atoms with Crippen LogP contribution in [0.5, 0.6) is 5.75 Å². The van der Waals surface area contributed by atoms with Gasteiger partial charge in [0, 0.05) is 10.6 Å². The molecule has 0 aliphatic heterocycles.